The van der Waals surface area contributed by atoms with Gasteiger partial charge in [0, 0.05) is 11.6 Å². The van der Waals surface area contributed by atoms with Gasteiger partial charge >= 0.3 is 0 Å². The number of carbonyl (C=O) groups is 1. The lowest BCUT2D eigenvalue weighted by molar-refractivity contribution is 0.0940. The number of amides is 1. The van der Waals surface area contributed by atoms with E-state index in [0.717, 1.165) is 28.8 Å². The van der Waals surface area contributed by atoms with Crippen LogP contribution < -0.4 is 5.32 Å². The average Bonchev–Trinajstić information content (AvgIpc) is 3.00. The number of rotatable bonds is 4. The minimum atomic E-state index is -0.0744. The van der Waals surface area contributed by atoms with E-state index in [1.165, 1.54) is 5.56 Å². The fourth-order valence-corrected chi connectivity index (χ4v) is 3.17. The summed E-state index contributed by atoms with van der Waals surface area (Å²) >= 11 is 1.67. The molecule has 0 aliphatic heterocycles. The molecule has 1 atom stereocenters. The van der Waals surface area contributed by atoms with Gasteiger partial charge in [0.2, 0.25) is 0 Å². The molecule has 3 rings (SSSR count). The number of aryl methyl sites for hydroxylation is 2. The molecule has 2 aromatic heterocycles. The fraction of sp³-hybridized carbons (Fsp3) is 0.278. The van der Waals surface area contributed by atoms with Crippen molar-refractivity contribution in [1.82, 2.24) is 15.3 Å². The van der Waals surface area contributed by atoms with Gasteiger partial charge in [0.15, 0.2) is 0 Å². The highest BCUT2D eigenvalue weighted by molar-refractivity contribution is 7.07. The Morgan fingerprint density at radius 3 is 2.61 bits per heavy atom. The van der Waals surface area contributed by atoms with E-state index in [0.29, 0.717) is 5.56 Å². The zero-order valence-electron chi connectivity index (χ0n) is 13.5. The highest BCUT2D eigenvalue weighted by Gasteiger charge is 2.12. The van der Waals surface area contributed by atoms with Gasteiger partial charge in [-0.15, -0.1) is 0 Å². The van der Waals surface area contributed by atoms with Gasteiger partial charge in [0.1, 0.15) is 0 Å². The third-order valence-electron chi connectivity index (χ3n) is 3.84. The number of aromatic nitrogens is 2. The Morgan fingerprint density at radius 1 is 1.17 bits per heavy atom. The van der Waals surface area contributed by atoms with E-state index in [1.807, 2.05) is 26.8 Å². The zero-order valence-corrected chi connectivity index (χ0v) is 14.3. The van der Waals surface area contributed by atoms with Crippen LogP contribution in [0.25, 0.3) is 11.0 Å². The van der Waals surface area contributed by atoms with Crippen LogP contribution in [0.2, 0.25) is 0 Å². The third kappa shape index (κ3) is 3.56. The second kappa shape index (κ2) is 6.46. The maximum atomic E-state index is 12.4. The highest BCUT2D eigenvalue weighted by Crippen LogP contribution is 2.15. The van der Waals surface area contributed by atoms with Crippen molar-refractivity contribution >= 4 is 28.3 Å². The van der Waals surface area contributed by atoms with Crippen LogP contribution in [0.3, 0.4) is 0 Å². The SMILES string of the molecule is Cc1nc2ccc(C(=O)NC(C)Cc3ccsc3)cc2nc1C. The minimum absolute atomic E-state index is 0.0744. The van der Waals surface area contributed by atoms with Crippen LogP contribution in [0.1, 0.15) is 34.2 Å². The molecule has 0 aliphatic rings. The monoisotopic (exact) mass is 325 g/mol. The molecule has 1 unspecified atom stereocenters. The van der Waals surface area contributed by atoms with Gasteiger partial charge in [0.05, 0.1) is 22.4 Å². The third-order valence-corrected chi connectivity index (χ3v) is 4.57. The largest absolute Gasteiger partial charge is 0.349 e. The number of nitrogens with one attached hydrogen (secondary N) is 1. The van der Waals surface area contributed by atoms with Gasteiger partial charge in [-0.1, -0.05) is 0 Å². The second-order valence-corrected chi connectivity index (χ2v) is 6.59. The van der Waals surface area contributed by atoms with E-state index in [1.54, 1.807) is 23.5 Å². The molecule has 0 fully saturated rings. The summed E-state index contributed by atoms with van der Waals surface area (Å²) in [6.07, 6.45) is 0.834. The Kier molecular flexibility index (Phi) is 4.39. The summed E-state index contributed by atoms with van der Waals surface area (Å²) in [7, 11) is 0. The Labute approximate surface area is 139 Å². The van der Waals surface area contributed by atoms with Crippen molar-refractivity contribution in [3.63, 3.8) is 0 Å². The van der Waals surface area contributed by atoms with Gasteiger partial charge in [-0.25, -0.2) is 9.97 Å². The topological polar surface area (TPSA) is 54.9 Å². The molecule has 0 saturated carbocycles. The molecule has 2 heterocycles. The van der Waals surface area contributed by atoms with Crippen LogP contribution in [0.15, 0.2) is 35.0 Å². The molecule has 0 spiro atoms. The molecule has 118 valence electrons. The normalized spacial score (nSPS) is 12.3. The van der Waals surface area contributed by atoms with E-state index in [4.69, 9.17) is 0 Å². The number of nitrogens with zero attached hydrogens (tertiary/aromatic N) is 2. The predicted octanol–water partition coefficient (Wildman–Crippen LogP) is 3.67. The number of fused-ring (bicyclic) bond motifs is 1. The molecule has 1 N–H and O–H groups in total. The van der Waals surface area contributed by atoms with E-state index in [-0.39, 0.29) is 11.9 Å². The lowest BCUT2D eigenvalue weighted by atomic mass is 10.1. The fourth-order valence-electron chi connectivity index (χ4n) is 2.49. The molecule has 23 heavy (non-hydrogen) atoms. The van der Waals surface area contributed by atoms with E-state index in [9.17, 15) is 4.79 Å². The lowest BCUT2D eigenvalue weighted by Gasteiger charge is -2.13. The maximum Gasteiger partial charge on any atom is 0.251 e. The molecule has 3 aromatic rings. The van der Waals surface area contributed by atoms with E-state index in [2.05, 4.69) is 32.1 Å². The van der Waals surface area contributed by atoms with Gasteiger partial charge in [-0.05, 0) is 67.8 Å². The summed E-state index contributed by atoms with van der Waals surface area (Å²) in [6.45, 7) is 5.88. The van der Waals surface area contributed by atoms with Crippen LogP contribution in [0.5, 0.6) is 0 Å². The molecule has 1 amide bonds. The molecule has 0 bridgehead atoms. The van der Waals surface area contributed by atoms with Gasteiger partial charge in [-0.3, -0.25) is 4.79 Å². The van der Waals surface area contributed by atoms with Gasteiger partial charge in [-0.2, -0.15) is 11.3 Å². The number of hydrogen-bond acceptors (Lipinski definition) is 4. The molecule has 4 nitrogen and oxygen atoms in total. The summed E-state index contributed by atoms with van der Waals surface area (Å²) in [5.74, 6) is -0.0744. The molecular formula is C18H19N3OS. The van der Waals surface area contributed by atoms with Crippen molar-refractivity contribution in [3.8, 4) is 0 Å². The van der Waals surface area contributed by atoms with E-state index < -0.39 is 0 Å². The standard InChI is InChI=1S/C18H19N3OS/c1-11(8-14-6-7-23-10-14)19-18(22)15-4-5-16-17(9-15)21-13(3)12(2)20-16/h4-7,9-11H,8H2,1-3H3,(H,19,22). The predicted molar refractivity (Wildman–Crippen MR) is 94.0 cm³/mol. The summed E-state index contributed by atoms with van der Waals surface area (Å²) in [5.41, 5.74) is 5.24. The van der Waals surface area contributed by atoms with Crippen molar-refractivity contribution in [2.24, 2.45) is 0 Å². The zero-order chi connectivity index (χ0) is 16.4. The lowest BCUT2D eigenvalue weighted by Crippen LogP contribution is -2.34. The molecule has 0 radical (unpaired) electrons. The van der Waals surface area contributed by atoms with Crippen LogP contribution in [-0.4, -0.2) is 21.9 Å². The molecule has 0 saturated heterocycles. The first kappa shape index (κ1) is 15.6. The van der Waals surface area contributed by atoms with Crippen molar-refractivity contribution in [1.29, 1.82) is 0 Å². The van der Waals surface area contributed by atoms with Gasteiger partial charge in [0.25, 0.3) is 5.91 Å². The first-order valence-electron chi connectivity index (χ1n) is 7.60. The van der Waals surface area contributed by atoms with Crippen LogP contribution >= 0.6 is 11.3 Å². The van der Waals surface area contributed by atoms with Crippen molar-refractivity contribution in [2.75, 3.05) is 0 Å². The number of hydrogen-bond donors (Lipinski definition) is 1. The second-order valence-electron chi connectivity index (χ2n) is 5.81. The molecule has 0 aliphatic carbocycles. The van der Waals surface area contributed by atoms with Crippen molar-refractivity contribution < 1.29 is 4.79 Å². The quantitative estimate of drug-likeness (QED) is 0.796. The Balaban J connectivity index is 1.76. The van der Waals surface area contributed by atoms with E-state index >= 15 is 0 Å². The first-order chi connectivity index (χ1) is 11.0. The summed E-state index contributed by atoms with van der Waals surface area (Å²) < 4.78 is 0. The van der Waals surface area contributed by atoms with Gasteiger partial charge < -0.3 is 5.32 Å². The summed E-state index contributed by atoms with van der Waals surface area (Å²) in [6, 6.07) is 7.63. The van der Waals surface area contributed by atoms with Crippen LogP contribution in [0, 0.1) is 13.8 Å². The average molecular weight is 325 g/mol. The molecular weight excluding hydrogens is 306 g/mol. The maximum absolute atomic E-state index is 12.4. The molecule has 5 heteroatoms. The Morgan fingerprint density at radius 2 is 1.91 bits per heavy atom. The Bertz CT molecular complexity index is 843. The summed E-state index contributed by atoms with van der Waals surface area (Å²) in [5, 5.41) is 7.20. The first-order valence-corrected chi connectivity index (χ1v) is 8.54. The number of carbonyl (C=O) groups excluding carboxylic acids is 1. The highest BCUT2D eigenvalue weighted by atomic mass is 32.1. The number of benzene rings is 1. The van der Waals surface area contributed by atoms with Crippen molar-refractivity contribution in [2.45, 2.75) is 33.2 Å². The Hall–Kier alpha value is -2.27. The smallest absolute Gasteiger partial charge is 0.251 e. The van der Waals surface area contributed by atoms with Crippen molar-refractivity contribution in [3.05, 3.63) is 57.5 Å². The summed E-state index contributed by atoms with van der Waals surface area (Å²) in [4.78, 5) is 21.4. The van der Waals surface area contributed by atoms with Crippen LogP contribution in [-0.2, 0) is 6.42 Å². The number of thiophene rings is 1. The van der Waals surface area contributed by atoms with Crippen LogP contribution in [0.4, 0.5) is 0 Å². The molecule has 1 aromatic carbocycles. The minimum Gasteiger partial charge on any atom is -0.349 e.